The molecule has 2 aromatic rings. The Labute approximate surface area is 107 Å². The number of para-hydroxylation sites is 2. The lowest BCUT2D eigenvalue weighted by molar-refractivity contribution is 0.624. The van der Waals surface area contributed by atoms with Crippen LogP contribution in [0.4, 0.5) is 15.8 Å². The number of hydrogen-bond acceptors (Lipinski definition) is 2. The average Bonchev–Trinajstić information content (AvgIpc) is 2.37. The van der Waals surface area contributed by atoms with Gasteiger partial charge in [0.1, 0.15) is 5.82 Å². The molecule has 0 bridgehead atoms. The van der Waals surface area contributed by atoms with Gasteiger partial charge in [-0.25, -0.2) is 4.39 Å². The number of anilines is 2. The van der Waals surface area contributed by atoms with E-state index in [1.165, 1.54) is 6.07 Å². The molecule has 0 atom stereocenters. The van der Waals surface area contributed by atoms with Crippen molar-refractivity contribution in [3.05, 3.63) is 59.9 Å². The summed E-state index contributed by atoms with van der Waals surface area (Å²) in [6, 6.07) is 14.4. The van der Waals surface area contributed by atoms with Gasteiger partial charge in [-0.15, -0.1) is 0 Å². The second-order valence-corrected chi connectivity index (χ2v) is 4.20. The average molecular weight is 244 g/mol. The number of nitrogens with two attached hydrogens (primary N) is 1. The van der Waals surface area contributed by atoms with E-state index < -0.39 is 0 Å². The van der Waals surface area contributed by atoms with Crippen LogP contribution in [-0.4, -0.2) is 6.54 Å². The highest BCUT2D eigenvalue weighted by Crippen LogP contribution is 2.24. The number of hydrogen-bond donors (Lipinski definition) is 1. The number of rotatable bonds is 4. The Morgan fingerprint density at radius 1 is 1.11 bits per heavy atom. The zero-order valence-electron chi connectivity index (χ0n) is 10.4. The van der Waals surface area contributed by atoms with Crippen LogP contribution in [0.1, 0.15) is 12.5 Å². The fourth-order valence-corrected chi connectivity index (χ4v) is 2.00. The minimum absolute atomic E-state index is 0.204. The van der Waals surface area contributed by atoms with E-state index in [2.05, 4.69) is 11.8 Å². The first kappa shape index (κ1) is 12.4. The molecule has 2 rings (SSSR count). The molecule has 2 nitrogen and oxygen atoms in total. The smallest absolute Gasteiger partial charge is 0.123 e. The largest absolute Gasteiger partial charge is 0.397 e. The summed E-state index contributed by atoms with van der Waals surface area (Å²) in [7, 11) is 0. The van der Waals surface area contributed by atoms with Gasteiger partial charge in [-0.3, -0.25) is 0 Å². The van der Waals surface area contributed by atoms with Crippen LogP contribution in [0.25, 0.3) is 0 Å². The highest BCUT2D eigenvalue weighted by molar-refractivity contribution is 5.67. The first-order valence-corrected chi connectivity index (χ1v) is 6.04. The van der Waals surface area contributed by atoms with Crippen molar-refractivity contribution in [1.29, 1.82) is 0 Å². The first-order chi connectivity index (χ1) is 8.70. The third-order valence-corrected chi connectivity index (χ3v) is 2.92. The molecule has 0 heterocycles. The molecule has 0 spiro atoms. The first-order valence-electron chi connectivity index (χ1n) is 6.04. The highest BCUT2D eigenvalue weighted by Gasteiger charge is 2.08. The number of benzene rings is 2. The van der Waals surface area contributed by atoms with E-state index in [0.717, 1.165) is 23.5 Å². The lowest BCUT2D eigenvalue weighted by Crippen LogP contribution is -2.23. The van der Waals surface area contributed by atoms with Crippen molar-refractivity contribution in [3.63, 3.8) is 0 Å². The van der Waals surface area contributed by atoms with Gasteiger partial charge in [0.15, 0.2) is 0 Å². The monoisotopic (exact) mass is 244 g/mol. The maximum atomic E-state index is 13.2. The van der Waals surface area contributed by atoms with Crippen molar-refractivity contribution < 1.29 is 4.39 Å². The molecule has 18 heavy (non-hydrogen) atoms. The zero-order valence-corrected chi connectivity index (χ0v) is 10.4. The van der Waals surface area contributed by atoms with Crippen LogP contribution in [0.2, 0.25) is 0 Å². The minimum Gasteiger partial charge on any atom is -0.397 e. The lowest BCUT2D eigenvalue weighted by atomic mass is 10.2. The minimum atomic E-state index is -0.204. The summed E-state index contributed by atoms with van der Waals surface area (Å²) < 4.78 is 13.2. The molecule has 0 saturated carbocycles. The van der Waals surface area contributed by atoms with E-state index in [-0.39, 0.29) is 5.82 Å². The Kier molecular flexibility index (Phi) is 3.82. The fraction of sp³-hybridized carbons (Fsp3) is 0.200. The van der Waals surface area contributed by atoms with Gasteiger partial charge in [0.2, 0.25) is 0 Å². The fourth-order valence-electron chi connectivity index (χ4n) is 2.00. The summed E-state index contributed by atoms with van der Waals surface area (Å²) in [4.78, 5) is 2.13. The number of halogens is 1. The summed E-state index contributed by atoms with van der Waals surface area (Å²) >= 11 is 0. The summed E-state index contributed by atoms with van der Waals surface area (Å²) in [5, 5.41) is 0. The maximum Gasteiger partial charge on any atom is 0.123 e. The van der Waals surface area contributed by atoms with Gasteiger partial charge in [-0.1, -0.05) is 24.3 Å². The van der Waals surface area contributed by atoms with Gasteiger partial charge >= 0.3 is 0 Å². The normalized spacial score (nSPS) is 10.3. The van der Waals surface area contributed by atoms with Gasteiger partial charge in [0.25, 0.3) is 0 Å². The molecule has 0 amide bonds. The Morgan fingerprint density at radius 2 is 1.89 bits per heavy atom. The lowest BCUT2D eigenvalue weighted by Gasteiger charge is -2.24. The molecule has 94 valence electrons. The third-order valence-electron chi connectivity index (χ3n) is 2.92. The molecular weight excluding hydrogens is 227 g/mol. The molecule has 0 aliphatic heterocycles. The Bertz CT molecular complexity index is 525. The van der Waals surface area contributed by atoms with Crippen molar-refractivity contribution >= 4 is 11.4 Å². The molecule has 0 aliphatic carbocycles. The Balaban J connectivity index is 2.23. The van der Waals surface area contributed by atoms with Crippen LogP contribution in [-0.2, 0) is 6.54 Å². The van der Waals surface area contributed by atoms with Gasteiger partial charge in [0, 0.05) is 13.1 Å². The van der Waals surface area contributed by atoms with E-state index in [1.807, 2.05) is 30.3 Å². The second-order valence-electron chi connectivity index (χ2n) is 4.20. The highest BCUT2D eigenvalue weighted by atomic mass is 19.1. The molecule has 3 heteroatoms. The quantitative estimate of drug-likeness (QED) is 0.835. The van der Waals surface area contributed by atoms with Crippen molar-refractivity contribution in [2.75, 3.05) is 17.2 Å². The molecule has 2 N–H and O–H groups in total. The van der Waals surface area contributed by atoms with Gasteiger partial charge in [-0.05, 0) is 36.8 Å². The van der Waals surface area contributed by atoms with E-state index in [0.29, 0.717) is 6.54 Å². The van der Waals surface area contributed by atoms with Crippen molar-refractivity contribution in [2.24, 2.45) is 0 Å². The van der Waals surface area contributed by atoms with Gasteiger partial charge < -0.3 is 10.6 Å². The molecule has 2 aromatic carbocycles. The zero-order chi connectivity index (χ0) is 13.0. The number of nitrogens with zero attached hydrogens (tertiary/aromatic N) is 1. The van der Waals surface area contributed by atoms with Crippen molar-refractivity contribution in [2.45, 2.75) is 13.5 Å². The summed E-state index contributed by atoms with van der Waals surface area (Å²) in [6.45, 7) is 3.54. The second kappa shape index (κ2) is 5.54. The van der Waals surface area contributed by atoms with Crippen LogP contribution in [0.3, 0.4) is 0 Å². The molecule has 0 saturated heterocycles. The predicted octanol–water partition coefficient (Wildman–Crippen LogP) is 3.43. The van der Waals surface area contributed by atoms with E-state index >= 15 is 0 Å². The molecule has 0 unspecified atom stereocenters. The number of nitrogen functional groups attached to an aromatic ring is 1. The standard InChI is InChI=1S/C15H17FN2/c1-2-18(15-9-4-3-8-14(15)17)11-12-6-5-7-13(16)10-12/h3-10H,2,11,17H2,1H3. The molecular formula is C15H17FN2. The van der Waals surface area contributed by atoms with Crippen LogP contribution in [0.15, 0.2) is 48.5 Å². The third kappa shape index (κ3) is 2.80. The van der Waals surface area contributed by atoms with Crippen LogP contribution < -0.4 is 10.6 Å². The van der Waals surface area contributed by atoms with Gasteiger partial charge in [-0.2, -0.15) is 0 Å². The van der Waals surface area contributed by atoms with Crippen molar-refractivity contribution in [3.8, 4) is 0 Å². The van der Waals surface area contributed by atoms with Crippen LogP contribution >= 0.6 is 0 Å². The summed E-state index contributed by atoms with van der Waals surface area (Å²) in [6.07, 6.45) is 0. The maximum absolute atomic E-state index is 13.2. The van der Waals surface area contributed by atoms with E-state index in [9.17, 15) is 4.39 Å². The summed E-state index contributed by atoms with van der Waals surface area (Å²) in [5.41, 5.74) is 8.65. The topological polar surface area (TPSA) is 29.3 Å². The Morgan fingerprint density at radius 3 is 2.56 bits per heavy atom. The molecule has 0 aromatic heterocycles. The molecule has 0 aliphatic rings. The van der Waals surface area contributed by atoms with Crippen LogP contribution in [0.5, 0.6) is 0 Å². The molecule has 0 fully saturated rings. The predicted molar refractivity (Wildman–Crippen MR) is 74.0 cm³/mol. The van der Waals surface area contributed by atoms with E-state index in [4.69, 9.17) is 5.73 Å². The Hall–Kier alpha value is -2.03. The van der Waals surface area contributed by atoms with E-state index in [1.54, 1.807) is 12.1 Å². The SMILES string of the molecule is CCN(Cc1cccc(F)c1)c1ccccc1N. The van der Waals surface area contributed by atoms with Gasteiger partial charge in [0.05, 0.1) is 11.4 Å². The molecule has 0 radical (unpaired) electrons. The van der Waals surface area contributed by atoms with Crippen molar-refractivity contribution in [1.82, 2.24) is 0 Å². The summed E-state index contributed by atoms with van der Waals surface area (Å²) in [5.74, 6) is -0.204. The van der Waals surface area contributed by atoms with Crippen LogP contribution in [0, 0.1) is 5.82 Å².